The predicted molar refractivity (Wildman–Crippen MR) is 111 cm³/mol. The summed E-state index contributed by atoms with van der Waals surface area (Å²) in [5.74, 6) is 0.444. The number of carbonyl (C=O) groups is 1. The van der Waals surface area contributed by atoms with Crippen LogP contribution in [0.25, 0.3) is 0 Å². The zero-order valence-electron chi connectivity index (χ0n) is 17.0. The van der Waals surface area contributed by atoms with Crippen molar-refractivity contribution in [3.63, 3.8) is 0 Å². The monoisotopic (exact) mass is 403 g/mol. The van der Waals surface area contributed by atoms with E-state index in [0.29, 0.717) is 36.3 Å². The van der Waals surface area contributed by atoms with E-state index in [1.807, 2.05) is 24.3 Å². The quantitative estimate of drug-likeness (QED) is 0.825. The number of aryl methyl sites for hydroxylation is 1. The smallest absolute Gasteiger partial charge is 0.272 e. The van der Waals surface area contributed by atoms with Gasteiger partial charge < -0.3 is 9.88 Å². The minimum absolute atomic E-state index is 0.171. The maximum atomic E-state index is 13.0. The van der Waals surface area contributed by atoms with Gasteiger partial charge in [-0.25, -0.2) is 8.42 Å². The van der Waals surface area contributed by atoms with Crippen LogP contribution in [0.15, 0.2) is 41.4 Å². The van der Waals surface area contributed by atoms with Crippen molar-refractivity contribution in [3.05, 3.63) is 47.8 Å². The highest BCUT2D eigenvalue weighted by Gasteiger charge is 2.30. The minimum Gasteiger partial charge on any atom is -0.345 e. The van der Waals surface area contributed by atoms with Crippen LogP contribution in [0.1, 0.15) is 55.6 Å². The van der Waals surface area contributed by atoms with E-state index in [1.165, 1.54) is 22.1 Å². The molecule has 152 valence electrons. The number of sulfonamides is 1. The standard InChI is InChI=1S/C21H29N3O3S/c1-15(2)17-7-9-18(10-8-17)22-21(25)20-12-19(14-23(20)4)28(26,27)24-11-5-6-16(3)13-24/h7-10,12,14-16H,5-6,11,13H2,1-4H3,(H,22,25). The van der Waals surface area contributed by atoms with Gasteiger partial charge in [0.05, 0.1) is 0 Å². The summed E-state index contributed by atoms with van der Waals surface area (Å²) < 4.78 is 29.0. The van der Waals surface area contributed by atoms with E-state index in [1.54, 1.807) is 11.6 Å². The van der Waals surface area contributed by atoms with Crippen LogP contribution in [0.3, 0.4) is 0 Å². The average Bonchev–Trinajstić information content (AvgIpc) is 3.05. The number of hydrogen-bond acceptors (Lipinski definition) is 3. The highest BCUT2D eigenvalue weighted by Crippen LogP contribution is 2.25. The molecule has 1 unspecified atom stereocenters. The summed E-state index contributed by atoms with van der Waals surface area (Å²) in [5, 5.41) is 2.85. The summed E-state index contributed by atoms with van der Waals surface area (Å²) >= 11 is 0. The topological polar surface area (TPSA) is 71.4 Å². The number of aromatic nitrogens is 1. The van der Waals surface area contributed by atoms with Gasteiger partial charge >= 0.3 is 0 Å². The largest absolute Gasteiger partial charge is 0.345 e. The molecule has 6 nitrogen and oxygen atoms in total. The van der Waals surface area contributed by atoms with Crippen LogP contribution in [0, 0.1) is 5.92 Å². The Morgan fingerprint density at radius 2 is 1.89 bits per heavy atom. The molecule has 1 saturated heterocycles. The summed E-state index contributed by atoms with van der Waals surface area (Å²) in [6.45, 7) is 7.35. The molecule has 2 heterocycles. The number of benzene rings is 1. The van der Waals surface area contributed by atoms with Gasteiger partial charge in [-0.05, 0) is 48.4 Å². The molecule has 1 aliphatic heterocycles. The van der Waals surface area contributed by atoms with Crippen molar-refractivity contribution in [2.24, 2.45) is 13.0 Å². The van der Waals surface area contributed by atoms with Gasteiger partial charge in [0.15, 0.2) is 0 Å². The molecule has 0 aliphatic carbocycles. The van der Waals surface area contributed by atoms with Gasteiger partial charge in [-0.3, -0.25) is 4.79 Å². The van der Waals surface area contributed by atoms with Crippen molar-refractivity contribution in [1.29, 1.82) is 0 Å². The predicted octanol–water partition coefficient (Wildman–Crippen LogP) is 3.82. The van der Waals surface area contributed by atoms with E-state index < -0.39 is 10.0 Å². The van der Waals surface area contributed by atoms with Crippen molar-refractivity contribution in [1.82, 2.24) is 8.87 Å². The number of rotatable bonds is 5. The molecule has 0 spiro atoms. The van der Waals surface area contributed by atoms with Crippen LogP contribution >= 0.6 is 0 Å². The van der Waals surface area contributed by atoms with E-state index in [4.69, 9.17) is 0 Å². The maximum absolute atomic E-state index is 13.0. The highest BCUT2D eigenvalue weighted by atomic mass is 32.2. The fourth-order valence-corrected chi connectivity index (χ4v) is 5.23. The Morgan fingerprint density at radius 3 is 2.50 bits per heavy atom. The van der Waals surface area contributed by atoms with Crippen LogP contribution in [-0.4, -0.2) is 36.3 Å². The molecule has 0 saturated carbocycles. The zero-order chi connectivity index (χ0) is 20.5. The highest BCUT2D eigenvalue weighted by molar-refractivity contribution is 7.89. The first-order valence-corrected chi connectivity index (χ1v) is 11.2. The molecule has 2 aromatic rings. The van der Waals surface area contributed by atoms with E-state index in [2.05, 4.69) is 26.1 Å². The molecule has 28 heavy (non-hydrogen) atoms. The third kappa shape index (κ3) is 4.31. The second kappa shape index (κ2) is 8.09. The van der Waals surface area contributed by atoms with Gasteiger partial charge in [0, 0.05) is 32.0 Å². The summed E-state index contributed by atoms with van der Waals surface area (Å²) in [7, 11) is -1.90. The average molecular weight is 404 g/mol. The first kappa shape index (κ1) is 20.6. The molecule has 1 atom stereocenters. The van der Waals surface area contributed by atoms with Crippen molar-refractivity contribution >= 4 is 21.6 Å². The Morgan fingerprint density at radius 1 is 1.21 bits per heavy atom. The first-order chi connectivity index (χ1) is 13.2. The molecular weight excluding hydrogens is 374 g/mol. The number of nitrogens with one attached hydrogen (secondary N) is 1. The second-order valence-electron chi connectivity index (χ2n) is 8.01. The summed E-state index contributed by atoms with van der Waals surface area (Å²) in [6, 6.07) is 9.16. The summed E-state index contributed by atoms with van der Waals surface area (Å²) in [4.78, 5) is 12.9. The fraction of sp³-hybridized carbons (Fsp3) is 0.476. The molecule has 0 radical (unpaired) electrons. The first-order valence-electron chi connectivity index (χ1n) is 9.76. The molecule has 0 bridgehead atoms. The van der Waals surface area contributed by atoms with E-state index in [0.717, 1.165) is 12.8 Å². The van der Waals surface area contributed by atoms with Crippen LogP contribution in [0.5, 0.6) is 0 Å². The summed E-state index contributed by atoms with van der Waals surface area (Å²) in [5.41, 5.74) is 2.20. The van der Waals surface area contributed by atoms with E-state index >= 15 is 0 Å². The van der Waals surface area contributed by atoms with Crippen LogP contribution in [0.4, 0.5) is 5.69 Å². The van der Waals surface area contributed by atoms with Crippen molar-refractivity contribution in [3.8, 4) is 0 Å². The number of amides is 1. The Balaban J connectivity index is 1.78. The third-order valence-electron chi connectivity index (χ3n) is 5.31. The molecule has 1 aromatic carbocycles. The molecular formula is C21H29N3O3S. The Kier molecular flexibility index (Phi) is 5.95. The van der Waals surface area contributed by atoms with Gasteiger partial charge in [0.2, 0.25) is 10.0 Å². The molecule has 7 heteroatoms. The molecule has 1 fully saturated rings. The van der Waals surface area contributed by atoms with Crippen molar-refractivity contribution < 1.29 is 13.2 Å². The lowest BCUT2D eigenvalue weighted by atomic mass is 10.0. The Hall–Kier alpha value is -2.12. The molecule has 3 rings (SSSR count). The van der Waals surface area contributed by atoms with Gasteiger partial charge in [0.1, 0.15) is 10.6 Å². The van der Waals surface area contributed by atoms with Crippen LogP contribution in [-0.2, 0) is 17.1 Å². The summed E-state index contributed by atoms with van der Waals surface area (Å²) in [6.07, 6.45) is 3.43. The fourth-order valence-electron chi connectivity index (χ4n) is 3.56. The molecule has 1 amide bonds. The third-order valence-corrected chi connectivity index (χ3v) is 7.14. The number of nitrogens with zero attached hydrogens (tertiary/aromatic N) is 2. The van der Waals surface area contributed by atoms with Crippen LogP contribution < -0.4 is 5.32 Å². The van der Waals surface area contributed by atoms with Gasteiger partial charge in [-0.2, -0.15) is 4.31 Å². The van der Waals surface area contributed by atoms with Gasteiger partial charge in [-0.15, -0.1) is 0 Å². The molecule has 1 aliphatic rings. The lowest BCUT2D eigenvalue weighted by Gasteiger charge is -2.29. The van der Waals surface area contributed by atoms with Gasteiger partial charge in [0.25, 0.3) is 5.91 Å². The number of piperidine rings is 1. The van der Waals surface area contributed by atoms with Crippen molar-refractivity contribution in [2.75, 3.05) is 18.4 Å². The molecule has 1 N–H and O–H groups in total. The normalized spacial score (nSPS) is 18.4. The van der Waals surface area contributed by atoms with E-state index in [-0.39, 0.29) is 10.8 Å². The Bertz CT molecular complexity index is 946. The molecule has 1 aromatic heterocycles. The second-order valence-corrected chi connectivity index (χ2v) is 9.95. The lowest BCUT2D eigenvalue weighted by molar-refractivity contribution is 0.101. The SMILES string of the molecule is CC1CCCN(S(=O)(=O)c2cc(C(=O)Nc3ccc(C(C)C)cc3)n(C)c2)C1. The Labute approximate surface area is 167 Å². The van der Waals surface area contributed by atoms with E-state index in [9.17, 15) is 13.2 Å². The minimum atomic E-state index is -3.59. The van der Waals surface area contributed by atoms with Crippen LogP contribution in [0.2, 0.25) is 0 Å². The number of anilines is 1. The number of carbonyl (C=O) groups excluding carboxylic acids is 1. The number of hydrogen-bond donors (Lipinski definition) is 1. The lowest BCUT2D eigenvalue weighted by Crippen LogP contribution is -2.38. The van der Waals surface area contributed by atoms with Crippen molar-refractivity contribution in [2.45, 2.75) is 44.4 Å². The van der Waals surface area contributed by atoms with Gasteiger partial charge in [-0.1, -0.05) is 32.9 Å². The zero-order valence-corrected chi connectivity index (χ0v) is 17.8. The maximum Gasteiger partial charge on any atom is 0.272 e.